The molecule has 0 aliphatic carbocycles. The molecule has 0 fully saturated rings. The van der Waals surface area contributed by atoms with Gasteiger partial charge in [0, 0.05) is 0 Å². The van der Waals surface area contributed by atoms with Gasteiger partial charge in [-0.15, -0.1) is 0 Å². The number of imide groups is 1. The van der Waals surface area contributed by atoms with Gasteiger partial charge in [-0.25, -0.2) is 14.1 Å². The van der Waals surface area contributed by atoms with Gasteiger partial charge in [0.05, 0.1) is 26.9 Å². The average molecular weight is 411 g/mol. The van der Waals surface area contributed by atoms with Gasteiger partial charge in [0.1, 0.15) is 0 Å². The summed E-state index contributed by atoms with van der Waals surface area (Å²) in [6.45, 7) is 4.50. The Morgan fingerprint density at radius 1 is 0.448 bits per heavy atom. The number of hydrogen-bond acceptors (Lipinski definition) is 2. The van der Waals surface area contributed by atoms with E-state index >= 15 is 0 Å². The first-order valence-corrected chi connectivity index (χ1v) is 12.9. The number of rotatable bonds is 20. The van der Waals surface area contributed by atoms with E-state index in [9.17, 15) is 9.59 Å². The summed E-state index contributed by atoms with van der Waals surface area (Å²) in [6, 6.07) is 0. The van der Waals surface area contributed by atoms with E-state index in [2.05, 4.69) is 13.8 Å². The highest BCUT2D eigenvalue weighted by atomic mass is 16.2. The van der Waals surface area contributed by atoms with Crippen LogP contribution in [0.25, 0.3) is 0 Å². The Balaban J connectivity index is 3.73. The minimum Gasteiger partial charge on any atom is -0.230 e. The molecule has 29 heavy (non-hydrogen) atoms. The molecule has 0 rings (SSSR count). The van der Waals surface area contributed by atoms with Crippen molar-refractivity contribution in [3.63, 3.8) is 0 Å². The third-order valence-corrected chi connectivity index (χ3v) is 6.24. The third-order valence-electron chi connectivity index (χ3n) is 6.24. The lowest BCUT2D eigenvalue weighted by molar-refractivity contribution is -0.736. The molecule has 0 aliphatic rings. The Morgan fingerprint density at radius 2 is 0.690 bits per heavy atom. The van der Waals surface area contributed by atoms with Crippen LogP contribution in [0.2, 0.25) is 0 Å². The van der Waals surface area contributed by atoms with Crippen LogP contribution in [0.15, 0.2) is 0 Å². The van der Waals surface area contributed by atoms with Crippen molar-refractivity contribution < 1.29 is 14.1 Å². The Morgan fingerprint density at radius 3 is 0.966 bits per heavy atom. The quantitative estimate of drug-likeness (QED) is 0.151. The average Bonchev–Trinajstić information content (AvgIpc) is 2.70. The van der Waals surface area contributed by atoms with Crippen LogP contribution >= 0.6 is 0 Å². The molecule has 0 saturated heterocycles. The Bertz CT molecular complexity index is 368. The molecule has 0 spiro atoms. The summed E-state index contributed by atoms with van der Waals surface area (Å²) in [7, 11) is 3.57. The van der Waals surface area contributed by atoms with Crippen LogP contribution in [0.3, 0.4) is 0 Å². The maximum absolute atomic E-state index is 12.5. The van der Waals surface area contributed by atoms with Crippen molar-refractivity contribution >= 4 is 11.8 Å². The molecule has 0 N–H and O–H groups in total. The smallest absolute Gasteiger partial charge is 0.230 e. The van der Waals surface area contributed by atoms with Crippen LogP contribution in [0.5, 0.6) is 0 Å². The highest BCUT2D eigenvalue weighted by Gasteiger charge is 2.33. The van der Waals surface area contributed by atoms with E-state index < -0.39 is 0 Å². The van der Waals surface area contributed by atoms with Gasteiger partial charge in [-0.05, 0) is 12.8 Å². The maximum Gasteiger partial charge on any atom is 0.320 e. The van der Waals surface area contributed by atoms with Crippen LogP contribution in [0, 0.1) is 0 Å². The Labute approximate surface area is 182 Å². The van der Waals surface area contributed by atoms with Gasteiger partial charge >= 0.3 is 11.8 Å². The number of quaternary nitrogens is 1. The first kappa shape index (κ1) is 28.3. The van der Waals surface area contributed by atoms with E-state index in [0.29, 0.717) is 12.8 Å². The minimum absolute atomic E-state index is 0.0615. The van der Waals surface area contributed by atoms with Gasteiger partial charge in [-0.2, -0.15) is 0 Å². The summed E-state index contributed by atoms with van der Waals surface area (Å²) in [4.78, 5) is 25.1. The lowest BCUT2D eigenvalue weighted by Gasteiger charge is -2.24. The van der Waals surface area contributed by atoms with E-state index in [-0.39, 0.29) is 16.3 Å². The zero-order valence-electron chi connectivity index (χ0n) is 20.4. The second-order valence-corrected chi connectivity index (χ2v) is 9.40. The molecule has 0 radical (unpaired) electrons. The van der Waals surface area contributed by atoms with E-state index in [1.54, 1.807) is 14.1 Å². The van der Waals surface area contributed by atoms with Crippen molar-refractivity contribution in [2.75, 3.05) is 14.1 Å². The Kier molecular flexibility index (Phi) is 18.8. The molecule has 3 heteroatoms. The second kappa shape index (κ2) is 19.3. The molecule has 0 bridgehead atoms. The van der Waals surface area contributed by atoms with Gasteiger partial charge in [0.15, 0.2) is 0 Å². The first-order valence-electron chi connectivity index (χ1n) is 12.9. The molecule has 0 aliphatic heterocycles. The van der Waals surface area contributed by atoms with Crippen molar-refractivity contribution in [2.45, 2.75) is 142 Å². The lowest BCUT2D eigenvalue weighted by atomic mass is 10.1. The van der Waals surface area contributed by atoms with Crippen LogP contribution < -0.4 is 0 Å². The van der Waals surface area contributed by atoms with Gasteiger partial charge < -0.3 is 0 Å². The first-order chi connectivity index (χ1) is 14.0. The fraction of sp³-hybridized carbons (Fsp3) is 0.923. The predicted molar refractivity (Wildman–Crippen MR) is 126 cm³/mol. The third kappa shape index (κ3) is 15.8. The summed E-state index contributed by atoms with van der Waals surface area (Å²) < 4.78 is -0.0615. The van der Waals surface area contributed by atoms with Crippen LogP contribution in [-0.2, 0) is 9.59 Å². The number of unbranched alkanes of at least 4 members (excludes halogenated alkanes) is 16. The molecule has 0 unspecified atom stereocenters. The standard InChI is InChI=1S/C26H52NO2/c1-5-7-9-11-13-15-17-19-21-23-25(28)27(3,4)26(29)24-22-20-18-16-14-12-10-8-6-2/h5-24H2,1-4H3/q+1. The molecule has 0 saturated carbocycles. The van der Waals surface area contributed by atoms with Crippen molar-refractivity contribution in [3.05, 3.63) is 0 Å². The van der Waals surface area contributed by atoms with Gasteiger partial charge in [0.2, 0.25) is 0 Å². The van der Waals surface area contributed by atoms with Crippen LogP contribution in [0.4, 0.5) is 0 Å². The van der Waals surface area contributed by atoms with E-state index in [1.165, 1.54) is 89.9 Å². The van der Waals surface area contributed by atoms with Crippen molar-refractivity contribution in [2.24, 2.45) is 0 Å². The van der Waals surface area contributed by atoms with Gasteiger partial charge in [-0.3, -0.25) is 0 Å². The van der Waals surface area contributed by atoms with E-state index in [4.69, 9.17) is 0 Å². The molecule has 0 atom stereocenters. The molecular formula is C26H52NO2+. The van der Waals surface area contributed by atoms with Gasteiger partial charge in [0.25, 0.3) is 0 Å². The second-order valence-electron chi connectivity index (χ2n) is 9.40. The number of carbonyl (C=O) groups is 2. The van der Waals surface area contributed by atoms with E-state index in [1.807, 2.05) is 0 Å². The summed E-state index contributed by atoms with van der Waals surface area (Å²) >= 11 is 0. The fourth-order valence-corrected chi connectivity index (χ4v) is 3.87. The van der Waals surface area contributed by atoms with Crippen LogP contribution in [-0.4, -0.2) is 30.4 Å². The summed E-state index contributed by atoms with van der Waals surface area (Å²) in [6.07, 6.45) is 23.6. The fourth-order valence-electron chi connectivity index (χ4n) is 3.87. The molecule has 0 heterocycles. The van der Waals surface area contributed by atoms with Crippen molar-refractivity contribution in [3.8, 4) is 0 Å². The zero-order chi connectivity index (χ0) is 21.8. The number of amides is 2. The Hall–Kier alpha value is -0.700. The maximum atomic E-state index is 12.5. The van der Waals surface area contributed by atoms with Crippen LogP contribution in [0.1, 0.15) is 142 Å². The molecule has 0 aromatic rings. The highest BCUT2D eigenvalue weighted by Crippen LogP contribution is 2.15. The van der Waals surface area contributed by atoms with Gasteiger partial charge in [-0.1, -0.05) is 117 Å². The summed E-state index contributed by atoms with van der Waals surface area (Å²) in [5.74, 6) is 0.183. The minimum atomic E-state index is -0.0615. The predicted octanol–water partition coefficient (Wildman–Crippen LogP) is 7.96. The number of carbonyl (C=O) groups excluding carboxylic acids is 2. The largest absolute Gasteiger partial charge is 0.320 e. The summed E-state index contributed by atoms with van der Waals surface area (Å²) in [5, 5.41) is 0. The number of nitrogens with zero attached hydrogens (tertiary/aromatic N) is 1. The van der Waals surface area contributed by atoms with Crippen molar-refractivity contribution in [1.82, 2.24) is 0 Å². The zero-order valence-corrected chi connectivity index (χ0v) is 20.4. The lowest BCUT2D eigenvalue weighted by Crippen LogP contribution is -2.50. The normalized spacial score (nSPS) is 11.7. The molecule has 0 aromatic carbocycles. The molecule has 0 aromatic heterocycles. The topological polar surface area (TPSA) is 34.1 Å². The molecule has 2 amide bonds. The molecule has 172 valence electrons. The van der Waals surface area contributed by atoms with Crippen molar-refractivity contribution in [1.29, 1.82) is 0 Å². The van der Waals surface area contributed by atoms with E-state index in [0.717, 1.165) is 25.7 Å². The monoisotopic (exact) mass is 410 g/mol. The molecular weight excluding hydrogens is 358 g/mol. The highest BCUT2D eigenvalue weighted by molar-refractivity contribution is 5.84. The SMILES string of the molecule is CCCCCCCCCCCC(=O)[N+](C)(C)C(=O)CCCCCCCCCCC. The molecule has 3 nitrogen and oxygen atoms in total. The summed E-state index contributed by atoms with van der Waals surface area (Å²) in [5.41, 5.74) is 0. The number of hydrogen-bond donors (Lipinski definition) is 0.